The summed E-state index contributed by atoms with van der Waals surface area (Å²) >= 11 is 0. The molecule has 2 N–H and O–H groups in total. The van der Waals surface area contributed by atoms with Gasteiger partial charge in [0, 0.05) is 53.4 Å². The zero-order chi connectivity index (χ0) is 16.7. The molecule has 7 nitrogen and oxygen atoms in total. The number of rotatable bonds is 3. The number of fused-ring (bicyclic) bond motifs is 1. The molecule has 0 radical (unpaired) electrons. The predicted octanol–water partition coefficient (Wildman–Crippen LogP) is 2.03. The molecule has 1 saturated heterocycles. The second-order valence-corrected chi connectivity index (χ2v) is 7.77. The number of sulfonamides is 1. The summed E-state index contributed by atoms with van der Waals surface area (Å²) in [6.07, 6.45) is 6.98. The fourth-order valence-electron chi connectivity index (χ4n) is 3.08. The van der Waals surface area contributed by atoms with E-state index in [2.05, 4.69) is 10.1 Å². The minimum absolute atomic E-state index is 0. The number of nitrogens with two attached hydrogens (primary N) is 1. The summed E-state index contributed by atoms with van der Waals surface area (Å²) in [6, 6.07) is 5.07. The Labute approximate surface area is 151 Å². The van der Waals surface area contributed by atoms with Gasteiger partial charge in [0.05, 0.1) is 11.1 Å². The molecule has 1 fully saturated rings. The molecule has 1 aliphatic heterocycles. The summed E-state index contributed by atoms with van der Waals surface area (Å²) in [5.74, 6) is 0. The minimum Gasteiger partial charge on any atom is -0.364 e. The van der Waals surface area contributed by atoms with Gasteiger partial charge in [0.15, 0.2) is 0 Å². The Morgan fingerprint density at radius 3 is 2.76 bits per heavy atom. The van der Waals surface area contributed by atoms with Gasteiger partial charge in [0.25, 0.3) is 0 Å². The number of hydrogen-bond donors (Lipinski definition) is 1. The molecule has 132 valence electrons. The van der Waals surface area contributed by atoms with Gasteiger partial charge in [-0.1, -0.05) is 17.3 Å². The number of pyridine rings is 1. The van der Waals surface area contributed by atoms with Gasteiger partial charge in [0.2, 0.25) is 10.0 Å². The first-order valence-corrected chi connectivity index (χ1v) is 9.03. The highest BCUT2D eigenvalue weighted by Crippen LogP contribution is 2.34. The van der Waals surface area contributed by atoms with Crippen LogP contribution in [0.4, 0.5) is 0 Å². The van der Waals surface area contributed by atoms with Crippen molar-refractivity contribution in [2.24, 2.45) is 5.73 Å². The summed E-state index contributed by atoms with van der Waals surface area (Å²) in [4.78, 5) is 4.46. The van der Waals surface area contributed by atoms with Crippen LogP contribution in [0.2, 0.25) is 0 Å². The lowest BCUT2D eigenvalue weighted by Gasteiger charge is -2.18. The van der Waals surface area contributed by atoms with Crippen LogP contribution in [0.25, 0.3) is 21.9 Å². The Morgan fingerprint density at radius 1 is 1.24 bits per heavy atom. The highest BCUT2D eigenvalue weighted by Gasteiger charge is 2.32. The van der Waals surface area contributed by atoms with Crippen LogP contribution in [-0.4, -0.2) is 42.0 Å². The lowest BCUT2D eigenvalue weighted by Crippen LogP contribution is -2.32. The third-order valence-electron chi connectivity index (χ3n) is 4.29. The van der Waals surface area contributed by atoms with E-state index in [9.17, 15) is 8.42 Å². The molecule has 4 rings (SSSR count). The van der Waals surface area contributed by atoms with E-state index in [1.54, 1.807) is 30.7 Å². The first-order chi connectivity index (χ1) is 11.6. The summed E-state index contributed by atoms with van der Waals surface area (Å²) in [7, 11) is -3.64. The molecule has 9 heteroatoms. The second-order valence-electron chi connectivity index (χ2n) is 5.87. The third-order valence-corrected chi connectivity index (χ3v) is 6.20. The molecular weight excluding hydrogens is 364 g/mol. The smallest absolute Gasteiger partial charge is 0.243 e. The van der Waals surface area contributed by atoms with E-state index in [4.69, 9.17) is 10.3 Å². The molecule has 0 saturated carbocycles. The molecule has 1 atom stereocenters. The minimum atomic E-state index is -3.64. The van der Waals surface area contributed by atoms with E-state index in [1.165, 1.54) is 10.6 Å². The van der Waals surface area contributed by atoms with Crippen LogP contribution in [0, 0.1) is 0 Å². The van der Waals surface area contributed by atoms with Gasteiger partial charge in [-0.05, 0) is 12.5 Å². The van der Waals surface area contributed by atoms with Gasteiger partial charge >= 0.3 is 0 Å². The molecule has 1 aliphatic rings. The molecule has 1 aromatic carbocycles. The van der Waals surface area contributed by atoms with Gasteiger partial charge in [-0.15, -0.1) is 12.4 Å². The van der Waals surface area contributed by atoms with E-state index >= 15 is 0 Å². The first-order valence-electron chi connectivity index (χ1n) is 7.59. The van der Waals surface area contributed by atoms with E-state index in [0.29, 0.717) is 36.0 Å². The number of halogens is 1. The molecule has 0 bridgehead atoms. The molecule has 3 aromatic rings. The standard InChI is InChI=1S/C16H16N4O3S.ClH/c17-13-4-5-20(9-13)24(21,22)15-3-1-2-11-6-18-8-14(16(11)15)12-7-19-23-10-12;/h1-3,6-8,10,13H,4-5,9,17H2;1H. The maximum atomic E-state index is 13.1. The van der Waals surface area contributed by atoms with Crippen molar-refractivity contribution in [3.05, 3.63) is 43.1 Å². The van der Waals surface area contributed by atoms with E-state index < -0.39 is 10.0 Å². The zero-order valence-electron chi connectivity index (χ0n) is 13.2. The molecular formula is C16H17ClN4O3S. The van der Waals surface area contributed by atoms with Gasteiger partial charge in [-0.3, -0.25) is 4.98 Å². The van der Waals surface area contributed by atoms with Crippen molar-refractivity contribution in [3.63, 3.8) is 0 Å². The monoisotopic (exact) mass is 380 g/mol. The number of aromatic nitrogens is 2. The highest BCUT2D eigenvalue weighted by atomic mass is 35.5. The Bertz CT molecular complexity index is 987. The van der Waals surface area contributed by atoms with Crippen molar-refractivity contribution >= 4 is 33.2 Å². The van der Waals surface area contributed by atoms with Crippen molar-refractivity contribution in [1.82, 2.24) is 14.4 Å². The van der Waals surface area contributed by atoms with Crippen LogP contribution in [0.5, 0.6) is 0 Å². The maximum Gasteiger partial charge on any atom is 0.243 e. The quantitative estimate of drug-likeness (QED) is 0.745. The van der Waals surface area contributed by atoms with Crippen LogP contribution >= 0.6 is 12.4 Å². The summed E-state index contributed by atoms with van der Waals surface area (Å²) in [5, 5.41) is 5.08. The fourth-order valence-corrected chi connectivity index (χ4v) is 4.83. The number of benzene rings is 1. The normalized spacial score (nSPS) is 18.4. The van der Waals surface area contributed by atoms with Gasteiger partial charge in [-0.2, -0.15) is 4.31 Å². The van der Waals surface area contributed by atoms with Crippen LogP contribution in [0.1, 0.15) is 6.42 Å². The van der Waals surface area contributed by atoms with Gasteiger partial charge in [-0.25, -0.2) is 8.42 Å². The van der Waals surface area contributed by atoms with Gasteiger partial charge in [0.1, 0.15) is 6.26 Å². The lowest BCUT2D eigenvalue weighted by molar-refractivity contribution is 0.420. The van der Waals surface area contributed by atoms with E-state index in [1.807, 2.05) is 6.07 Å². The van der Waals surface area contributed by atoms with Crippen molar-refractivity contribution in [2.45, 2.75) is 17.4 Å². The van der Waals surface area contributed by atoms with Gasteiger partial charge < -0.3 is 10.3 Å². The van der Waals surface area contributed by atoms with Crippen LogP contribution < -0.4 is 5.73 Å². The maximum absolute atomic E-state index is 13.1. The van der Waals surface area contributed by atoms with Crippen LogP contribution in [-0.2, 0) is 10.0 Å². The topological polar surface area (TPSA) is 102 Å². The fraction of sp³-hybridized carbons (Fsp3) is 0.250. The van der Waals surface area contributed by atoms with Crippen molar-refractivity contribution < 1.29 is 12.9 Å². The van der Waals surface area contributed by atoms with Crippen LogP contribution in [0.15, 0.2) is 52.5 Å². The average molecular weight is 381 g/mol. The Balaban J connectivity index is 0.00000182. The summed E-state index contributed by atoms with van der Waals surface area (Å²) in [5.41, 5.74) is 7.25. The molecule has 2 aromatic heterocycles. The van der Waals surface area contributed by atoms with Crippen molar-refractivity contribution in [3.8, 4) is 11.1 Å². The number of nitrogens with zero attached hydrogens (tertiary/aromatic N) is 3. The molecule has 3 heterocycles. The molecule has 0 amide bonds. The van der Waals surface area contributed by atoms with Crippen molar-refractivity contribution in [2.75, 3.05) is 13.1 Å². The largest absolute Gasteiger partial charge is 0.364 e. The summed E-state index contributed by atoms with van der Waals surface area (Å²) in [6.45, 7) is 0.778. The second kappa shape index (κ2) is 6.72. The Morgan fingerprint density at radius 2 is 2.08 bits per heavy atom. The first kappa shape index (κ1) is 17.8. The van der Waals surface area contributed by atoms with Crippen LogP contribution in [0.3, 0.4) is 0 Å². The van der Waals surface area contributed by atoms with E-state index in [0.717, 1.165) is 5.39 Å². The zero-order valence-corrected chi connectivity index (χ0v) is 14.8. The third kappa shape index (κ3) is 3.02. The predicted molar refractivity (Wildman–Crippen MR) is 95.8 cm³/mol. The molecule has 1 unspecified atom stereocenters. The molecule has 0 spiro atoms. The highest BCUT2D eigenvalue weighted by molar-refractivity contribution is 7.89. The molecule has 25 heavy (non-hydrogen) atoms. The van der Waals surface area contributed by atoms with Crippen molar-refractivity contribution in [1.29, 1.82) is 0 Å². The Hall–Kier alpha value is -2.00. The Kier molecular flexibility index (Phi) is 4.79. The molecule has 0 aliphatic carbocycles. The van der Waals surface area contributed by atoms with E-state index in [-0.39, 0.29) is 23.3 Å². The average Bonchev–Trinajstić information content (AvgIpc) is 3.25. The lowest BCUT2D eigenvalue weighted by atomic mass is 10.0. The summed E-state index contributed by atoms with van der Waals surface area (Å²) < 4.78 is 32.6. The number of hydrogen-bond acceptors (Lipinski definition) is 6. The SMILES string of the molecule is Cl.NC1CCN(S(=O)(=O)c2cccc3cncc(-c4cnoc4)c23)C1.